The Morgan fingerprint density at radius 2 is 1.77 bits per heavy atom. The molecular weight excluding hydrogens is 604 g/mol. The first kappa shape index (κ1) is 31.1. The van der Waals surface area contributed by atoms with E-state index >= 15 is 0 Å². The van der Waals surface area contributed by atoms with Crippen molar-refractivity contribution in [2.45, 2.75) is 69.7 Å². The van der Waals surface area contributed by atoms with Crippen molar-refractivity contribution >= 4 is 23.6 Å². The van der Waals surface area contributed by atoms with Crippen molar-refractivity contribution < 1.29 is 14.3 Å². The maximum atomic E-state index is 14.4. The number of benzene rings is 2. The molecule has 0 unspecified atom stereocenters. The molecule has 0 saturated carbocycles. The number of nitrogens with zero attached hydrogens (tertiary/aromatic N) is 5. The Kier molecular flexibility index (Phi) is 8.46. The predicted octanol–water partition coefficient (Wildman–Crippen LogP) is 4.12. The van der Waals surface area contributed by atoms with E-state index in [1.165, 1.54) is 0 Å². The second kappa shape index (κ2) is 13.0. The fraction of sp³-hybridized carbons (Fsp3) is 0.500. The van der Waals surface area contributed by atoms with Crippen LogP contribution in [0.3, 0.4) is 0 Å². The first-order chi connectivity index (χ1) is 23.5. The number of imidazole rings is 1. The third-order valence-electron chi connectivity index (χ3n) is 11.5. The number of rotatable bonds is 9. The quantitative estimate of drug-likeness (QED) is 0.349. The Morgan fingerprint density at radius 3 is 2.54 bits per heavy atom. The SMILES string of the molecule is O=C(O[C@@H]1CN2CCC1CC2)c1cccc(CN2CN(c3ccccc3)C3(CCN(CCCn4c5c([nH]c4=O)C=CCC5)CC3)C2=O)c1. The average molecular weight is 651 g/mol. The van der Waals surface area contributed by atoms with Crippen molar-refractivity contribution in [2.75, 3.05) is 50.8 Å². The van der Waals surface area contributed by atoms with E-state index in [1.807, 2.05) is 58.0 Å². The van der Waals surface area contributed by atoms with Gasteiger partial charge in [0.1, 0.15) is 11.6 Å². The highest BCUT2D eigenvalue weighted by Gasteiger charge is 2.53. The molecule has 1 atom stereocenters. The summed E-state index contributed by atoms with van der Waals surface area (Å²) in [6, 6.07) is 17.9. The number of likely N-dealkylation sites (tertiary alicyclic amines) is 1. The summed E-state index contributed by atoms with van der Waals surface area (Å²) >= 11 is 0. The van der Waals surface area contributed by atoms with Gasteiger partial charge in [-0.1, -0.05) is 36.4 Å². The van der Waals surface area contributed by atoms with Gasteiger partial charge in [0, 0.05) is 44.1 Å². The summed E-state index contributed by atoms with van der Waals surface area (Å²) in [4.78, 5) is 52.3. The van der Waals surface area contributed by atoms with Gasteiger partial charge in [-0.15, -0.1) is 0 Å². The molecule has 9 rings (SSSR count). The van der Waals surface area contributed by atoms with Gasteiger partial charge in [-0.05, 0) is 106 Å². The Balaban J connectivity index is 0.928. The molecule has 5 saturated heterocycles. The highest BCUT2D eigenvalue weighted by atomic mass is 16.5. The van der Waals surface area contributed by atoms with Crippen LogP contribution in [0.2, 0.25) is 0 Å². The van der Waals surface area contributed by atoms with Crippen molar-refractivity contribution in [3.05, 3.63) is 93.7 Å². The molecule has 1 spiro atoms. The van der Waals surface area contributed by atoms with Gasteiger partial charge in [-0.3, -0.25) is 14.3 Å². The van der Waals surface area contributed by atoms with E-state index in [4.69, 9.17) is 4.74 Å². The Labute approximate surface area is 281 Å². The van der Waals surface area contributed by atoms with Gasteiger partial charge in [0.2, 0.25) is 5.91 Å². The number of carbonyl (C=O) groups is 2. The molecule has 1 N–H and O–H groups in total. The van der Waals surface area contributed by atoms with Gasteiger partial charge in [0.25, 0.3) is 0 Å². The number of hydrogen-bond donors (Lipinski definition) is 1. The lowest BCUT2D eigenvalue weighted by Gasteiger charge is -2.43. The smallest absolute Gasteiger partial charge is 0.338 e. The molecule has 6 aliphatic rings. The summed E-state index contributed by atoms with van der Waals surface area (Å²) in [5.41, 5.74) is 3.99. The monoisotopic (exact) mass is 650 g/mol. The van der Waals surface area contributed by atoms with Crippen LogP contribution in [0.4, 0.5) is 5.69 Å². The zero-order valence-corrected chi connectivity index (χ0v) is 27.7. The van der Waals surface area contributed by atoms with Crippen molar-refractivity contribution in [3.63, 3.8) is 0 Å². The van der Waals surface area contributed by atoms with Crippen LogP contribution >= 0.6 is 0 Å². The van der Waals surface area contributed by atoms with Crippen LogP contribution in [0.15, 0.2) is 65.5 Å². The summed E-state index contributed by atoms with van der Waals surface area (Å²) < 4.78 is 7.93. The number of aromatic nitrogens is 2. The van der Waals surface area contributed by atoms with E-state index in [1.54, 1.807) is 0 Å². The number of esters is 1. The fourth-order valence-electron chi connectivity index (χ4n) is 8.78. The molecular formula is C38H46N6O4. The first-order valence-electron chi connectivity index (χ1n) is 17.8. The minimum atomic E-state index is -0.604. The van der Waals surface area contributed by atoms with Crippen LogP contribution in [0.5, 0.6) is 0 Å². The normalized spacial score (nSPS) is 24.8. The van der Waals surface area contributed by atoms with Gasteiger partial charge in [0.15, 0.2) is 0 Å². The minimum Gasteiger partial charge on any atom is -0.457 e. The Hall–Kier alpha value is -4.15. The lowest BCUT2D eigenvalue weighted by Crippen LogP contribution is -2.56. The first-order valence-corrected chi connectivity index (χ1v) is 17.8. The molecule has 252 valence electrons. The molecule has 10 heteroatoms. The number of para-hydroxylation sites is 1. The number of fused-ring (bicyclic) bond motifs is 4. The summed E-state index contributed by atoms with van der Waals surface area (Å²) in [7, 11) is 0. The van der Waals surface area contributed by atoms with Gasteiger partial charge in [0.05, 0.1) is 17.9 Å². The largest absolute Gasteiger partial charge is 0.457 e. The number of piperidine rings is 4. The minimum absolute atomic E-state index is 0.0176. The maximum absolute atomic E-state index is 14.4. The van der Waals surface area contributed by atoms with Crippen LogP contribution in [0.25, 0.3) is 6.08 Å². The van der Waals surface area contributed by atoms with E-state index in [2.05, 4.69) is 37.9 Å². The third kappa shape index (κ3) is 5.89. The standard InChI is InChI=1S/C38H46N6O4/c45-35(48-34-26-41-20-14-29(34)15-21-41)30-9-6-8-28(24-30)25-42-27-44(31-10-2-1-3-11-31)38(36(42)46)16-22-40(23-17-38)18-7-19-43-33-13-5-4-12-32(33)39-37(43)47/h1-4,6,8-12,24,29,34H,5,7,13-23,25-27H2,(H,39,47)/t34-/m1/s1. The lowest BCUT2D eigenvalue weighted by molar-refractivity contribution is -0.134. The summed E-state index contributed by atoms with van der Waals surface area (Å²) in [5, 5.41) is 0. The molecule has 10 nitrogen and oxygen atoms in total. The van der Waals surface area contributed by atoms with E-state index in [9.17, 15) is 14.4 Å². The predicted molar refractivity (Wildman–Crippen MR) is 185 cm³/mol. The van der Waals surface area contributed by atoms with Crippen LogP contribution in [-0.2, 0) is 29.0 Å². The molecule has 1 aromatic heterocycles. The van der Waals surface area contributed by atoms with Crippen molar-refractivity contribution in [3.8, 4) is 0 Å². The van der Waals surface area contributed by atoms with E-state index in [-0.39, 0.29) is 23.7 Å². The second-order valence-corrected chi connectivity index (χ2v) is 14.3. The van der Waals surface area contributed by atoms with Crippen LogP contribution in [0.1, 0.15) is 65.8 Å². The van der Waals surface area contributed by atoms with Gasteiger partial charge in [-0.25, -0.2) is 9.59 Å². The van der Waals surface area contributed by atoms with Gasteiger partial charge < -0.3 is 24.4 Å². The number of allylic oxidation sites excluding steroid dienone is 1. The fourth-order valence-corrected chi connectivity index (χ4v) is 8.78. The molecule has 1 aliphatic carbocycles. The molecule has 1 amide bonds. The van der Waals surface area contributed by atoms with E-state index < -0.39 is 5.54 Å². The van der Waals surface area contributed by atoms with Gasteiger partial charge in [-0.2, -0.15) is 0 Å². The highest BCUT2D eigenvalue weighted by Crippen LogP contribution is 2.40. The number of aromatic amines is 1. The number of anilines is 1. The molecule has 0 radical (unpaired) electrons. The molecule has 5 aliphatic heterocycles. The van der Waals surface area contributed by atoms with Crippen LogP contribution in [0, 0.1) is 5.92 Å². The number of hydrogen-bond acceptors (Lipinski definition) is 7. The van der Waals surface area contributed by atoms with Gasteiger partial charge >= 0.3 is 11.7 Å². The number of amides is 1. The van der Waals surface area contributed by atoms with E-state index in [0.717, 1.165) is 107 Å². The highest BCUT2D eigenvalue weighted by molar-refractivity contribution is 5.94. The van der Waals surface area contributed by atoms with Crippen molar-refractivity contribution in [1.82, 2.24) is 24.3 Å². The van der Waals surface area contributed by atoms with E-state index in [0.29, 0.717) is 31.2 Å². The Bertz CT molecular complexity index is 1730. The van der Waals surface area contributed by atoms with Crippen molar-refractivity contribution in [1.29, 1.82) is 0 Å². The second-order valence-electron chi connectivity index (χ2n) is 14.3. The summed E-state index contributed by atoms with van der Waals surface area (Å²) in [6.07, 6.45) is 10.5. The molecule has 48 heavy (non-hydrogen) atoms. The number of ether oxygens (including phenoxy) is 1. The number of carbonyl (C=O) groups excluding carboxylic acids is 2. The topological polar surface area (TPSA) is 94.1 Å². The van der Waals surface area contributed by atoms with Crippen molar-refractivity contribution in [2.24, 2.45) is 5.92 Å². The molecule has 3 aromatic rings. The average Bonchev–Trinajstić information content (AvgIpc) is 3.58. The molecule has 2 aromatic carbocycles. The number of nitrogens with one attached hydrogen (secondary N) is 1. The molecule has 2 bridgehead atoms. The zero-order valence-electron chi connectivity index (χ0n) is 27.7. The number of H-pyrrole nitrogens is 1. The van der Waals surface area contributed by atoms with Crippen LogP contribution in [-0.4, -0.2) is 93.7 Å². The maximum Gasteiger partial charge on any atom is 0.338 e. The van der Waals surface area contributed by atoms with Crippen LogP contribution < -0.4 is 10.6 Å². The third-order valence-corrected chi connectivity index (χ3v) is 11.5. The zero-order chi connectivity index (χ0) is 32.7. The lowest BCUT2D eigenvalue weighted by atomic mass is 9.85. The molecule has 6 heterocycles. The molecule has 5 fully saturated rings. The summed E-state index contributed by atoms with van der Waals surface area (Å²) in [6.45, 7) is 7.24. The Morgan fingerprint density at radius 1 is 0.958 bits per heavy atom. The summed E-state index contributed by atoms with van der Waals surface area (Å²) in [5.74, 6) is 0.351.